The largest absolute Gasteiger partial charge is 0.310 e. The van der Waals surface area contributed by atoms with E-state index >= 15 is 0 Å². The summed E-state index contributed by atoms with van der Waals surface area (Å²) in [7, 11) is 0. The van der Waals surface area contributed by atoms with Gasteiger partial charge in [-0.2, -0.15) is 0 Å². The van der Waals surface area contributed by atoms with Gasteiger partial charge >= 0.3 is 0 Å². The molecule has 1 aromatic heterocycles. The van der Waals surface area contributed by atoms with Gasteiger partial charge in [-0.3, -0.25) is 0 Å². The lowest BCUT2D eigenvalue weighted by molar-refractivity contribution is 0.628. The molecule has 2 aliphatic rings. The number of thiophene rings is 1. The van der Waals surface area contributed by atoms with Crippen molar-refractivity contribution in [3.63, 3.8) is 0 Å². The van der Waals surface area contributed by atoms with E-state index in [1.807, 2.05) is 23.5 Å². The van der Waals surface area contributed by atoms with Crippen LogP contribution in [0, 0.1) is 5.82 Å². The molecule has 1 unspecified atom stereocenters. The molecule has 0 saturated carbocycles. The molecule has 11 aromatic carbocycles. The number of rotatable bonds is 7. The predicted octanol–water partition coefficient (Wildman–Crippen LogP) is 18.8. The molecule has 0 bridgehead atoms. The Balaban J connectivity index is 0.917. The first-order valence-electron chi connectivity index (χ1n) is 23.7. The highest BCUT2D eigenvalue weighted by Crippen LogP contribution is 2.62. The van der Waals surface area contributed by atoms with Crippen LogP contribution in [-0.2, 0) is 5.41 Å². The summed E-state index contributed by atoms with van der Waals surface area (Å²) >= 11 is 1.86. The molecule has 14 rings (SSSR count). The molecule has 1 nitrogen and oxygen atoms in total. The lowest BCUT2D eigenvalue weighted by Crippen LogP contribution is -2.26. The van der Waals surface area contributed by atoms with E-state index in [0.29, 0.717) is 0 Å². The van der Waals surface area contributed by atoms with Gasteiger partial charge in [0.15, 0.2) is 0 Å². The summed E-state index contributed by atoms with van der Waals surface area (Å²) in [5, 5.41) is 5.15. The first-order valence-corrected chi connectivity index (χ1v) is 24.5. The lowest BCUT2D eigenvalue weighted by Gasteiger charge is -2.36. The lowest BCUT2D eigenvalue weighted by atomic mass is 9.66. The average molecular weight is 900 g/mol. The van der Waals surface area contributed by atoms with Crippen molar-refractivity contribution in [2.45, 2.75) is 12.3 Å². The van der Waals surface area contributed by atoms with Crippen LogP contribution in [0.25, 0.3) is 97.7 Å². The third-order valence-corrected chi connectivity index (χ3v) is 16.1. The SMILES string of the molecule is CC12c3cc(N(c4ccc(-c5ccc(-c6ccccc6)cc5)cc4)c4ccc(-c5ccc6c(c5)sc5ccccc56)cc4)ccc3-c3cc(-c4ccc(F)cc4)cc(c31)-c1cccc3cccc2c13. The Labute approximate surface area is 404 Å². The molecule has 69 heavy (non-hydrogen) atoms. The summed E-state index contributed by atoms with van der Waals surface area (Å²) in [6, 6.07) is 85.3. The van der Waals surface area contributed by atoms with Crippen molar-refractivity contribution in [2.24, 2.45) is 0 Å². The quantitative estimate of drug-likeness (QED) is 0.154. The van der Waals surface area contributed by atoms with E-state index in [1.165, 1.54) is 103 Å². The van der Waals surface area contributed by atoms with E-state index in [2.05, 4.69) is 224 Å². The van der Waals surface area contributed by atoms with Crippen molar-refractivity contribution < 1.29 is 4.39 Å². The van der Waals surface area contributed by atoms with Crippen molar-refractivity contribution in [1.82, 2.24) is 0 Å². The van der Waals surface area contributed by atoms with Crippen LogP contribution in [0.2, 0.25) is 0 Å². The molecule has 0 aliphatic heterocycles. The highest BCUT2D eigenvalue weighted by molar-refractivity contribution is 7.25. The third kappa shape index (κ3) is 6.21. The van der Waals surface area contributed by atoms with Crippen LogP contribution in [-0.4, -0.2) is 0 Å². The predicted molar refractivity (Wildman–Crippen MR) is 290 cm³/mol. The van der Waals surface area contributed by atoms with Crippen LogP contribution in [0.3, 0.4) is 0 Å². The number of hydrogen-bond acceptors (Lipinski definition) is 2. The Hall–Kier alpha value is -8.37. The van der Waals surface area contributed by atoms with Crippen molar-refractivity contribution in [1.29, 1.82) is 0 Å². The molecule has 3 heteroatoms. The Morgan fingerprint density at radius 1 is 0.362 bits per heavy atom. The summed E-state index contributed by atoms with van der Waals surface area (Å²) in [5.41, 5.74) is 21.0. The fourth-order valence-corrected chi connectivity index (χ4v) is 12.7. The molecular formula is C66H42FNS. The van der Waals surface area contributed by atoms with Crippen molar-refractivity contribution in [3.05, 3.63) is 259 Å². The van der Waals surface area contributed by atoms with Gasteiger partial charge in [-0.15, -0.1) is 11.3 Å². The van der Waals surface area contributed by atoms with Gasteiger partial charge in [0, 0.05) is 42.6 Å². The van der Waals surface area contributed by atoms with Gasteiger partial charge in [0.1, 0.15) is 5.82 Å². The maximum atomic E-state index is 14.3. The molecular weight excluding hydrogens is 858 g/mol. The molecule has 2 aliphatic carbocycles. The summed E-state index contributed by atoms with van der Waals surface area (Å²) in [6.45, 7) is 2.43. The number of fused-ring (bicyclic) bond motifs is 8. The van der Waals surface area contributed by atoms with E-state index in [4.69, 9.17) is 0 Å². The maximum absolute atomic E-state index is 14.3. The normalized spacial score (nSPS) is 14.3. The van der Waals surface area contributed by atoms with E-state index in [9.17, 15) is 4.39 Å². The molecule has 12 aromatic rings. The second kappa shape index (κ2) is 15.3. The molecule has 0 spiro atoms. The van der Waals surface area contributed by atoms with E-state index in [0.717, 1.165) is 28.2 Å². The van der Waals surface area contributed by atoms with Crippen molar-refractivity contribution in [2.75, 3.05) is 4.90 Å². The molecule has 0 N–H and O–H groups in total. The summed E-state index contributed by atoms with van der Waals surface area (Å²) < 4.78 is 16.9. The Bertz CT molecular complexity index is 4000. The maximum Gasteiger partial charge on any atom is 0.123 e. The highest BCUT2D eigenvalue weighted by Gasteiger charge is 2.47. The van der Waals surface area contributed by atoms with Crippen LogP contribution in [0.15, 0.2) is 237 Å². The van der Waals surface area contributed by atoms with Gasteiger partial charge in [0.2, 0.25) is 0 Å². The average Bonchev–Trinajstić information content (AvgIpc) is 3.91. The minimum absolute atomic E-state index is 0.231. The smallest absolute Gasteiger partial charge is 0.123 e. The van der Waals surface area contributed by atoms with Crippen molar-refractivity contribution in [3.8, 4) is 66.8 Å². The van der Waals surface area contributed by atoms with Crippen LogP contribution in [0.5, 0.6) is 0 Å². The molecule has 1 atom stereocenters. The first-order chi connectivity index (χ1) is 34.0. The molecule has 0 amide bonds. The van der Waals surface area contributed by atoms with Gasteiger partial charge in [-0.25, -0.2) is 4.39 Å². The Kier molecular flexibility index (Phi) is 8.84. The monoisotopic (exact) mass is 899 g/mol. The Morgan fingerprint density at radius 3 is 1.61 bits per heavy atom. The number of nitrogens with zero attached hydrogens (tertiary/aromatic N) is 1. The van der Waals surface area contributed by atoms with Crippen LogP contribution < -0.4 is 4.90 Å². The van der Waals surface area contributed by atoms with Gasteiger partial charge in [0.05, 0.1) is 0 Å². The minimum Gasteiger partial charge on any atom is -0.310 e. The molecule has 324 valence electrons. The van der Waals surface area contributed by atoms with Crippen LogP contribution in [0.1, 0.15) is 23.6 Å². The number of anilines is 3. The van der Waals surface area contributed by atoms with E-state index in [-0.39, 0.29) is 5.82 Å². The fraction of sp³-hybridized carbons (Fsp3) is 0.0303. The van der Waals surface area contributed by atoms with Crippen molar-refractivity contribution >= 4 is 59.3 Å². The molecule has 0 fully saturated rings. The summed E-state index contributed by atoms with van der Waals surface area (Å²) in [6.07, 6.45) is 0. The fourth-order valence-electron chi connectivity index (χ4n) is 11.6. The van der Waals surface area contributed by atoms with E-state index in [1.54, 1.807) is 12.1 Å². The second-order valence-electron chi connectivity index (χ2n) is 18.7. The second-order valence-corrected chi connectivity index (χ2v) is 19.8. The van der Waals surface area contributed by atoms with Gasteiger partial charge in [-0.05, 0) is 174 Å². The van der Waals surface area contributed by atoms with Gasteiger partial charge in [0.25, 0.3) is 0 Å². The summed E-state index contributed by atoms with van der Waals surface area (Å²) in [5.74, 6) is -0.231. The standard InChI is InChI=1S/C66H42FNS/c1-66-60-15-8-12-47-11-7-14-57(64(47)60)59-38-49(46-21-28-50(67)29-22-46)37-58(65(59)66)54-36-34-53(40-61(54)66)68(51-30-23-44(24-31-51)43-19-17-42(18-20-43)41-9-3-2-4-10-41)52-32-25-45(26-33-52)48-27-35-56-55-13-5-6-16-62(55)69-63(56)39-48/h2-40H,1H3. The molecule has 1 heterocycles. The zero-order valence-corrected chi connectivity index (χ0v) is 38.6. The number of benzene rings is 11. The third-order valence-electron chi connectivity index (χ3n) is 14.9. The first kappa shape index (κ1) is 39.8. The number of hydrogen-bond donors (Lipinski definition) is 0. The summed E-state index contributed by atoms with van der Waals surface area (Å²) in [4.78, 5) is 2.41. The van der Waals surface area contributed by atoms with E-state index < -0.39 is 5.41 Å². The topological polar surface area (TPSA) is 3.24 Å². The van der Waals surface area contributed by atoms with Gasteiger partial charge in [-0.1, -0.05) is 164 Å². The highest BCUT2D eigenvalue weighted by atomic mass is 32.1. The molecule has 0 saturated heterocycles. The zero-order chi connectivity index (χ0) is 45.8. The van der Waals surface area contributed by atoms with Crippen LogP contribution in [0.4, 0.5) is 21.5 Å². The number of halogens is 1. The minimum atomic E-state index is -0.429. The zero-order valence-electron chi connectivity index (χ0n) is 37.8. The van der Waals surface area contributed by atoms with Gasteiger partial charge < -0.3 is 4.90 Å². The van der Waals surface area contributed by atoms with Crippen LogP contribution >= 0.6 is 11.3 Å². The molecule has 0 radical (unpaired) electrons. The Morgan fingerprint density at radius 2 is 0.899 bits per heavy atom.